The van der Waals surface area contributed by atoms with Gasteiger partial charge in [-0.15, -0.1) is 0 Å². The summed E-state index contributed by atoms with van der Waals surface area (Å²) in [5.41, 5.74) is 0. The molecule has 0 N–H and O–H groups in total. The molecule has 0 unspecified atom stereocenters. The van der Waals surface area contributed by atoms with E-state index < -0.39 is 0 Å². The Morgan fingerprint density at radius 1 is 0.769 bits per heavy atom. The lowest BCUT2D eigenvalue weighted by molar-refractivity contribution is 0.274. The summed E-state index contributed by atoms with van der Waals surface area (Å²) < 4.78 is 9.93. The van der Waals surface area contributed by atoms with E-state index in [1.54, 1.807) is 0 Å². The van der Waals surface area contributed by atoms with Gasteiger partial charge in [-0.05, 0) is 58.3 Å². The first-order valence-corrected chi connectivity index (χ1v) is 13.3. The number of carbonyl (C=O) groups is 2. The standard InChI is InChI=1S/C16H16O4S6/c1-3-19-21-15(17)25-23-13-9-10-14(12-8-6-5-7-11(12)13)24-26-16(18)22-20-4-2/h5-10H,3-4H2,1-2H3. The first-order chi connectivity index (χ1) is 12.7. The average molecular weight is 465 g/mol. The molecule has 2 aromatic carbocycles. The second kappa shape index (κ2) is 12.5. The van der Waals surface area contributed by atoms with Gasteiger partial charge in [0.25, 0.3) is 8.89 Å². The van der Waals surface area contributed by atoms with Gasteiger partial charge in [-0.2, -0.15) is 0 Å². The van der Waals surface area contributed by atoms with Crippen molar-refractivity contribution >= 4 is 86.9 Å². The van der Waals surface area contributed by atoms with E-state index in [4.69, 9.17) is 8.37 Å². The SMILES string of the molecule is CCOSC(=O)SSc1ccc(SSC(=O)SOCC)c2ccccc12. The number of hydrogen-bond donors (Lipinski definition) is 0. The van der Waals surface area contributed by atoms with Gasteiger partial charge in [0.2, 0.25) is 0 Å². The van der Waals surface area contributed by atoms with Crippen molar-refractivity contribution in [3.8, 4) is 0 Å². The first kappa shape index (κ1) is 22.4. The maximum atomic E-state index is 11.8. The van der Waals surface area contributed by atoms with Crippen LogP contribution in [0, 0.1) is 0 Å². The lowest BCUT2D eigenvalue weighted by Crippen LogP contribution is -1.85. The van der Waals surface area contributed by atoms with E-state index in [-0.39, 0.29) is 8.89 Å². The smallest absolute Gasteiger partial charge is 0.283 e. The Morgan fingerprint density at radius 3 is 1.58 bits per heavy atom. The van der Waals surface area contributed by atoms with Gasteiger partial charge in [0.15, 0.2) is 0 Å². The van der Waals surface area contributed by atoms with E-state index in [0.29, 0.717) is 13.2 Å². The van der Waals surface area contributed by atoms with Crippen molar-refractivity contribution in [1.82, 2.24) is 0 Å². The van der Waals surface area contributed by atoms with Crippen LogP contribution in [0.15, 0.2) is 46.2 Å². The summed E-state index contributed by atoms with van der Waals surface area (Å²) in [6.07, 6.45) is 0. The van der Waals surface area contributed by atoms with Crippen LogP contribution in [0.3, 0.4) is 0 Å². The van der Waals surface area contributed by atoms with E-state index in [0.717, 1.165) is 66.2 Å². The molecule has 0 fully saturated rings. The van der Waals surface area contributed by atoms with Gasteiger partial charge in [-0.25, -0.2) is 0 Å². The van der Waals surface area contributed by atoms with E-state index >= 15 is 0 Å². The largest absolute Gasteiger partial charge is 0.308 e. The lowest BCUT2D eigenvalue weighted by Gasteiger charge is -2.09. The molecule has 0 aliphatic rings. The van der Waals surface area contributed by atoms with Crippen molar-refractivity contribution in [3.63, 3.8) is 0 Å². The molecule has 2 aromatic rings. The van der Waals surface area contributed by atoms with E-state index in [1.807, 2.05) is 50.2 Å². The van der Waals surface area contributed by atoms with Gasteiger partial charge in [-0.3, -0.25) is 9.59 Å². The normalized spacial score (nSPS) is 11.0. The molecule has 0 radical (unpaired) electrons. The molecule has 0 aliphatic heterocycles. The highest BCUT2D eigenvalue weighted by molar-refractivity contribution is 8.86. The summed E-state index contributed by atoms with van der Waals surface area (Å²) in [5, 5.41) is 2.10. The Labute approximate surface area is 177 Å². The van der Waals surface area contributed by atoms with Crippen molar-refractivity contribution in [2.24, 2.45) is 0 Å². The van der Waals surface area contributed by atoms with Gasteiger partial charge in [0.05, 0.1) is 37.3 Å². The van der Waals surface area contributed by atoms with E-state index in [2.05, 4.69) is 0 Å². The highest BCUT2D eigenvalue weighted by Crippen LogP contribution is 2.44. The number of rotatable bonds is 8. The fraction of sp³-hybridized carbons (Fsp3) is 0.250. The number of carbonyl (C=O) groups excluding carboxylic acids is 2. The lowest BCUT2D eigenvalue weighted by atomic mass is 10.1. The Bertz CT molecular complexity index is 692. The molecule has 0 spiro atoms. The first-order valence-electron chi connectivity index (χ1n) is 7.53. The second-order valence-corrected chi connectivity index (χ2v) is 10.8. The Balaban J connectivity index is 2.07. The van der Waals surface area contributed by atoms with Gasteiger partial charge in [0.1, 0.15) is 0 Å². The molecule has 0 amide bonds. The zero-order valence-corrected chi connectivity index (χ0v) is 18.9. The van der Waals surface area contributed by atoms with E-state index in [9.17, 15) is 9.59 Å². The number of benzene rings is 2. The highest BCUT2D eigenvalue weighted by atomic mass is 33.1. The average Bonchev–Trinajstić information content (AvgIpc) is 2.67. The minimum Gasteiger partial charge on any atom is -0.308 e. The number of hydrogen-bond acceptors (Lipinski definition) is 10. The third-order valence-corrected chi connectivity index (χ3v) is 9.25. The molecular weight excluding hydrogens is 449 g/mol. The number of fused-ring (bicyclic) bond motifs is 1. The maximum Gasteiger partial charge on any atom is 0.283 e. The Morgan fingerprint density at radius 2 is 1.19 bits per heavy atom. The third-order valence-electron chi connectivity index (χ3n) is 2.73. The molecule has 0 saturated heterocycles. The maximum absolute atomic E-state index is 11.8. The third kappa shape index (κ3) is 7.23. The molecule has 140 valence electrons. The summed E-state index contributed by atoms with van der Waals surface area (Å²) in [7, 11) is 5.12. The van der Waals surface area contributed by atoms with Crippen LogP contribution in [0.1, 0.15) is 13.8 Å². The van der Waals surface area contributed by atoms with Crippen LogP contribution >= 0.6 is 67.3 Å². The molecule has 0 atom stereocenters. The summed E-state index contributed by atoms with van der Waals surface area (Å²) in [6.45, 7) is 4.68. The Hall–Kier alpha value is 0.0600. The van der Waals surface area contributed by atoms with Gasteiger partial charge in [0, 0.05) is 31.4 Å². The highest BCUT2D eigenvalue weighted by Gasteiger charge is 2.13. The monoisotopic (exact) mass is 464 g/mol. The molecule has 4 nitrogen and oxygen atoms in total. The topological polar surface area (TPSA) is 52.6 Å². The molecule has 0 aliphatic carbocycles. The van der Waals surface area contributed by atoms with E-state index in [1.165, 1.54) is 21.6 Å². The van der Waals surface area contributed by atoms with Crippen LogP contribution < -0.4 is 0 Å². The zero-order chi connectivity index (χ0) is 18.8. The summed E-state index contributed by atoms with van der Waals surface area (Å²) >= 11 is 1.73. The molecular formula is C16H16O4S6. The fourth-order valence-electron chi connectivity index (χ4n) is 1.79. The summed E-state index contributed by atoms with van der Waals surface area (Å²) in [6, 6.07) is 11.9. The van der Waals surface area contributed by atoms with Crippen LogP contribution in [0.4, 0.5) is 9.59 Å². The summed E-state index contributed by atoms with van der Waals surface area (Å²) in [4.78, 5) is 25.5. The predicted molar refractivity (Wildman–Crippen MR) is 120 cm³/mol. The van der Waals surface area contributed by atoms with Gasteiger partial charge in [-0.1, -0.05) is 24.3 Å². The molecule has 0 bridgehead atoms. The zero-order valence-electron chi connectivity index (χ0n) is 14.0. The quantitative estimate of drug-likeness (QED) is 0.284. The fourth-order valence-corrected chi connectivity index (χ4v) is 6.76. The molecule has 0 heterocycles. The van der Waals surface area contributed by atoms with Crippen molar-refractivity contribution in [3.05, 3.63) is 36.4 Å². The molecule has 26 heavy (non-hydrogen) atoms. The minimum atomic E-state index is -0.0894. The van der Waals surface area contributed by atoms with Gasteiger partial charge >= 0.3 is 0 Å². The van der Waals surface area contributed by atoms with Gasteiger partial charge < -0.3 is 8.37 Å². The Kier molecular flexibility index (Phi) is 10.7. The van der Waals surface area contributed by atoms with Crippen molar-refractivity contribution in [2.45, 2.75) is 23.6 Å². The molecule has 10 heteroatoms. The van der Waals surface area contributed by atoms with Crippen LogP contribution in [0.25, 0.3) is 10.8 Å². The molecule has 2 rings (SSSR count). The van der Waals surface area contributed by atoms with Crippen molar-refractivity contribution < 1.29 is 18.0 Å². The summed E-state index contributed by atoms with van der Waals surface area (Å²) in [5.74, 6) is 0. The minimum absolute atomic E-state index is 0.0894. The van der Waals surface area contributed by atoms with Crippen molar-refractivity contribution in [1.29, 1.82) is 0 Å². The van der Waals surface area contributed by atoms with Crippen LogP contribution in [-0.4, -0.2) is 22.1 Å². The van der Waals surface area contributed by atoms with Crippen LogP contribution in [0.5, 0.6) is 0 Å². The van der Waals surface area contributed by atoms with Crippen LogP contribution in [-0.2, 0) is 8.37 Å². The molecule has 0 aromatic heterocycles. The van der Waals surface area contributed by atoms with Crippen LogP contribution in [0.2, 0.25) is 0 Å². The second-order valence-electron chi connectivity index (χ2n) is 4.42. The predicted octanol–water partition coefficient (Wildman–Crippen LogP) is 7.93. The van der Waals surface area contributed by atoms with Crippen molar-refractivity contribution in [2.75, 3.05) is 13.2 Å². The molecule has 0 saturated carbocycles.